The Balaban J connectivity index is 1.57. The first-order valence-electron chi connectivity index (χ1n) is 9.58. The summed E-state index contributed by atoms with van der Waals surface area (Å²) in [5.41, 5.74) is 2.04. The summed E-state index contributed by atoms with van der Waals surface area (Å²) in [4.78, 5) is 25.2. The van der Waals surface area contributed by atoms with Crippen LogP contribution < -0.4 is 9.47 Å². The number of rotatable bonds is 3. The number of halogens is 1. The molecule has 0 aromatic heterocycles. The number of hydrogen-bond donors (Lipinski definition) is 0. The number of carbonyl (C=O) groups excluding carboxylic acids is 2. The number of hydrogen-bond acceptors (Lipinski definition) is 4. The molecule has 2 aromatic rings. The molecule has 0 spiro atoms. The van der Waals surface area contributed by atoms with Crippen molar-refractivity contribution in [1.82, 2.24) is 0 Å². The molecule has 0 N–H and O–H groups in total. The van der Waals surface area contributed by atoms with E-state index in [1.165, 1.54) is 6.42 Å². The van der Waals surface area contributed by atoms with E-state index in [0.717, 1.165) is 35.7 Å². The highest BCUT2D eigenvalue weighted by molar-refractivity contribution is 9.10. The maximum atomic E-state index is 12.7. The van der Waals surface area contributed by atoms with E-state index in [-0.39, 0.29) is 23.4 Å². The maximum absolute atomic E-state index is 12.7. The quantitative estimate of drug-likeness (QED) is 0.340. The van der Waals surface area contributed by atoms with Crippen LogP contribution in [0.2, 0.25) is 0 Å². The van der Waals surface area contributed by atoms with E-state index in [1.807, 2.05) is 31.2 Å². The minimum atomic E-state index is -0.183. The van der Waals surface area contributed by atoms with E-state index >= 15 is 0 Å². The van der Waals surface area contributed by atoms with Gasteiger partial charge in [-0.2, -0.15) is 0 Å². The Morgan fingerprint density at radius 2 is 1.96 bits per heavy atom. The lowest BCUT2D eigenvalue weighted by Crippen LogP contribution is -2.23. The third-order valence-electron chi connectivity index (χ3n) is 5.33. The zero-order chi connectivity index (χ0) is 19.7. The summed E-state index contributed by atoms with van der Waals surface area (Å²) in [7, 11) is 0. The van der Waals surface area contributed by atoms with Crippen molar-refractivity contribution in [3.8, 4) is 11.5 Å². The fourth-order valence-corrected chi connectivity index (χ4v) is 4.17. The van der Waals surface area contributed by atoms with Crippen LogP contribution in [0.25, 0.3) is 6.08 Å². The number of Topliss-reactive ketones (excluding diaryl/α,β-unsaturated/α-hetero) is 1. The van der Waals surface area contributed by atoms with Gasteiger partial charge in [-0.1, -0.05) is 47.3 Å². The van der Waals surface area contributed by atoms with Crippen molar-refractivity contribution in [1.29, 1.82) is 0 Å². The Morgan fingerprint density at radius 3 is 2.71 bits per heavy atom. The van der Waals surface area contributed by atoms with Gasteiger partial charge < -0.3 is 9.47 Å². The Morgan fingerprint density at radius 1 is 1.18 bits per heavy atom. The van der Waals surface area contributed by atoms with E-state index in [9.17, 15) is 9.59 Å². The summed E-state index contributed by atoms with van der Waals surface area (Å²) in [6, 6.07) is 11.0. The lowest BCUT2D eigenvalue weighted by atomic mass is 9.89. The van der Waals surface area contributed by atoms with E-state index in [0.29, 0.717) is 22.6 Å². The van der Waals surface area contributed by atoms with Crippen molar-refractivity contribution in [2.75, 3.05) is 0 Å². The molecule has 5 heteroatoms. The average Bonchev–Trinajstić information content (AvgIpc) is 3.01. The summed E-state index contributed by atoms with van der Waals surface area (Å²) in [6.07, 6.45) is 6.83. The molecule has 2 aromatic carbocycles. The van der Waals surface area contributed by atoms with E-state index in [2.05, 4.69) is 15.9 Å². The molecule has 1 aliphatic heterocycles. The van der Waals surface area contributed by atoms with Crippen molar-refractivity contribution < 1.29 is 19.1 Å². The van der Waals surface area contributed by atoms with Crippen LogP contribution in [0.4, 0.5) is 0 Å². The van der Waals surface area contributed by atoms with Gasteiger partial charge in [-0.15, -0.1) is 0 Å². The third-order valence-corrected chi connectivity index (χ3v) is 5.83. The molecule has 0 saturated heterocycles. The Labute approximate surface area is 172 Å². The maximum Gasteiger partial charge on any atom is 0.314 e. The molecular weight excluding hydrogens is 420 g/mol. The molecule has 4 nitrogen and oxygen atoms in total. The molecule has 0 radical (unpaired) electrons. The smallest absolute Gasteiger partial charge is 0.314 e. The normalized spacial score (nSPS) is 18.1. The van der Waals surface area contributed by atoms with Gasteiger partial charge in [0.15, 0.2) is 5.76 Å². The first-order chi connectivity index (χ1) is 13.5. The molecule has 1 aliphatic carbocycles. The van der Waals surface area contributed by atoms with Gasteiger partial charge in [0.1, 0.15) is 11.5 Å². The van der Waals surface area contributed by atoms with E-state index in [4.69, 9.17) is 9.47 Å². The molecule has 28 heavy (non-hydrogen) atoms. The lowest BCUT2D eigenvalue weighted by Gasteiger charge is -2.20. The number of carbonyl (C=O) groups is 2. The van der Waals surface area contributed by atoms with Crippen LogP contribution in [-0.2, 0) is 4.79 Å². The SMILES string of the molecule is Cc1c(OC(=O)C2CCCCC2)ccc2c1O/C(=C\c1cccc(Br)c1)C2=O. The van der Waals surface area contributed by atoms with Gasteiger partial charge in [0.05, 0.1) is 11.5 Å². The van der Waals surface area contributed by atoms with Crippen LogP contribution in [0.1, 0.15) is 53.6 Å². The molecule has 4 rings (SSSR count). The van der Waals surface area contributed by atoms with Gasteiger partial charge in [0.2, 0.25) is 5.78 Å². The number of benzene rings is 2. The third kappa shape index (κ3) is 3.76. The van der Waals surface area contributed by atoms with E-state index < -0.39 is 0 Å². The summed E-state index contributed by atoms with van der Waals surface area (Å²) >= 11 is 3.43. The molecule has 1 fully saturated rings. The number of allylic oxidation sites excluding steroid dienone is 1. The first-order valence-corrected chi connectivity index (χ1v) is 10.4. The monoisotopic (exact) mass is 440 g/mol. The van der Waals surface area contributed by atoms with Crippen LogP contribution in [0.3, 0.4) is 0 Å². The van der Waals surface area contributed by atoms with Gasteiger partial charge >= 0.3 is 5.97 Å². The molecule has 0 amide bonds. The second-order valence-corrected chi connectivity index (χ2v) is 8.23. The average molecular weight is 441 g/mol. The van der Waals surface area contributed by atoms with Crippen molar-refractivity contribution in [2.45, 2.75) is 39.0 Å². The minimum absolute atomic E-state index is 0.0315. The first kappa shape index (κ1) is 18.9. The standard InChI is InChI=1S/C23H21BrO4/c1-14-19(28-23(26)16-7-3-2-4-8-16)11-10-18-21(25)20(27-22(14)18)13-15-6-5-9-17(24)12-15/h5-6,9-13,16H,2-4,7-8H2,1H3/b20-13-. The predicted octanol–water partition coefficient (Wildman–Crippen LogP) is 5.86. The second kappa shape index (κ2) is 7.92. The molecule has 1 heterocycles. The number of esters is 1. The highest BCUT2D eigenvalue weighted by Crippen LogP contribution is 2.40. The minimum Gasteiger partial charge on any atom is -0.452 e. The molecule has 0 atom stereocenters. The van der Waals surface area contributed by atoms with Crippen LogP contribution in [-0.4, -0.2) is 11.8 Å². The summed E-state index contributed by atoms with van der Waals surface area (Å²) in [5, 5.41) is 0. The van der Waals surface area contributed by atoms with Crippen molar-refractivity contribution in [3.05, 3.63) is 63.3 Å². The largest absolute Gasteiger partial charge is 0.452 e. The van der Waals surface area contributed by atoms with Crippen molar-refractivity contribution in [3.63, 3.8) is 0 Å². The Bertz CT molecular complexity index is 971. The van der Waals surface area contributed by atoms with Crippen molar-refractivity contribution in [2.24, 2.45) is 5.92 Å². The molecule has 0 bridgehead atoms. The van der Waals surface area contributed by atoms with Crippen LogP contribution in [0, 0.1) is 12.8 Å². The van der Waals surface area contributed by atoms with Gasteiger partial charge in [-0.05, 0) is 55.7 Å². The van der Waals surface area contributed by atoms with Crippen LogP contribution >= 0.6 is 15.9 Å². The van der Waals surface area contributed by atoms with Gasteiger partial charge in [-0.3, -0.25) is 9.59 Å². The van der Waals surface area contributed by atoms with Gasteiger partial charge in [0.25, 0.3) is 0 Å². The molecule has 0 unspecified atom stereocenters. The van der Waals surface area contributed by atoms with Crippen LogP contribution in [0.15, 0.2) is 46.6 Å². The Hall–Kier alpha value is -2.40. The zero-order valence-corrected chi connectivity index (χ0v) is 17.3. The fraction of sp³-hybridized carbons (Fsp3) is 0.304. The molecular formula is C23H21BrO4. The van der Waals surface area contributed by atoms with E-state index in [1.54, 1.807) is 18.2 Å². The molecule has 1 saturated carbocycles. The summed E-state index contributed by atoms with van der Waals surface area (Å²) < 4.78 is 12.5. The lowest BCUT2D eigenvalue weighted by molar-refractivity contribution is -0.140. The van der Waals surface area contributed by atoms with Crippen molar-refractivity contribution >= 4 is 33.8 Å². The highest BCUT2D eigenvalue weighted by atomic mass is 79.9. The zero-order valence-electron chi connectivity index (χ0n) is 15.7. The highest BCUT2D eigenvalue weighted by Gasteiger charge is 2.31. The Kier molecular flexibility index (Phi) is 5.36. The van der Waals surface area contributed by atoms with Crippen LogP contribution in [0.5, 0.6) is 11.5 Å². The fourth-order valence-electron chi connectivity index (χ4n) is 3.76. The molecule has 144 valence electrons. The number of fused-ring (bicyclic) bond motifs is 1. The second-order valence-electron chi connectivity index (χ2n) is 7.32. The number of ether oxygens (including phenoxy) is 2. The predicted molar refractivity (Wildman–Crippen MR) is 110 cm³/mol. The topological polar surface area (TPSA) is 52.6 Å². The van der Waals surface area contributed by atoms with Gasteiger partial charge in [-0.25, -0.2) is 0 Å². The van der Waals surface area contributed by atoms with Gasteiger partial charge in [0, 0.05) is 10.0 Å². The summed E-state index contributed by atoms with van der Waals surface area (Å²) in [6.45, 7) is 1.82. The summed E-state index contributed by atoms with van der Waals surface area (Å²) in [5.74, 6) is 0.828. The molecule has 2 aliphatic rings. The number of ketones is 1.